The van der Waals surface area contributed by atoms with Gasteiger partial charge >= 0.3 is 0 Å². The number of carbonyl (C=O) groups excluding carboxylic acids is 1. The molecule has 0 spiro atoms. The van der Waals surface area contributed by atoms with Crippen molar-refractivity contribution in [2.45, 2.75) is 32.2 Å². The van der Waals surface area contributed by atoms with Gasteiger partial charge in [0.2, 0.25) is 5.91 Å². The van der Waals surface area contributed by atoms with E-state index < -0.39 is 0 Å². The number of amides is 1. The molecule has 1 aliphatic heterocycles. The van der Waals surface area contributed by atoms with Crippen LogP contribution in [0.3, 0.4) is 0 Å². The van der Waals surface area contributed by atoms with Crippen LogP contribution in [-0.4, -0.2) is 48.0 Å². The number of pyridine rings is 2. The minimum Gasteiger partial charge on any atom is -0.497 e. The average Bonchev–Trinajstić information content (AvgIpc) is 3.34. The van der Waals surface area contributed by atoms with Gasteiger partial charge in [0.25, 0.3) is 0 Å². The number of nitrogens with zero attached hydrogens (tertiary/aromatic N) is 4. The summed E-state index contributed by atoms with van der Waals surface area (Å²) in [4.78, 5) is 26.2. The van der Waals surface area contributed by atoms with Crippen molar-refractivity contribution in [3.8, 4) is 5.75 Å². The maximum absolute atomic E-state index is 13.0. The second-order valence-electron chi connectivity index (χ2n) is 8.38. The number of benzene rings is 1. The Hall–Kier alpha value is -3.61. The van der Waals surface area contributed by atoms with Gasteiger partial charge in [0.05, 0.1) is 30.7 Å². The highest BCUT2D eigenvalue weighted by Crippen LogP contribution is 2.32. The number of hydrogen-bond donors (Lipinski definition) is 1. The van der Waals surface area contributed by atoms with Gasteiger partial charge < -0.3 is 19.9 Å². The Balaban J connectivity index is 1.35. The molecular formula is C26H31N5O2. The zero-order valence-electron chi connectivity index (χ0n) is 19.5. The first-order valence-electron chi connectivity index (χ1n) is 11.3. The Morgan fingerprint density at radius 1 is 1.18 bits per heavy atom. The van der Waals surface area contributed by atoms with Crippen molar-refractivity contribution >= 4 is 23.1 Å². The Morgan fingerprint density at radius 3 is 2.70 bits per heavy atom. The van der Waals surface area contributed by atoms with Crippen LogP contribution in [0.25, 0.3) is 0 Å². The minimum atomic E-state index is 0.0365. The topological polar surface area (TPSA) is 70.6 Å². The largest absolute Gasteiger partial charge is 0.497 e. The summed E-state index contributed by atoms with van der Waals surface area (Å²) in [6, 6.07) is 15.9. The van der Waals surface area contributed by atoms with E-state index in [4.69, 9.17) is 4.74 Å². The molecule has 0 aliphatic carbocycles. The number of nitrogens with one attached hydrogen (secondary N) is 1. The standard InChI is InChI=1S/C26H31N5O2/c1-19-6-4-15-27-26(19)29-20-8-13-23(28-18-20)24-7-5-16-31(24)25(32)14-17-30(2)21-9-11-22(33-3)12-10-21/h4,6,8-13,15,18,24H,5,7,14,16-17H2,1-3H3,(H,27,29)/t24-/m1/s1. The van der Waals surface area contributed by atoms with Crippen molar-refractivity contribution in [3.05, 3.63) is 72.2 Å². The summed E-state index contributed by atoms with van der Waals surface area (Å²) in [5.41, 5.74) is 3.97. The molecule has 4 rings (SSSR count). The van der Waals surface area contributed by atoms with E-state index in [0.29, 0.717) is 13.0 Å². The second-order valence-corrected chi connectivity index (χ2v) is 8.38. The summed E-state index contributed by atoms with van der Waals surface area (Å²) >= 11 is 0. The van der Waals surface area contributed by atoms with Crippen LogP contribution in [0.2, 0.25) is 0 Å². The monoisotopic (exact) mass is 445 g/mol. The van der Waals surface area contributed by atoms with Crippen LogP contribution >= 0.6 is 0 Å². The highest BCUT2D eigenvalue weighted by atomic mass is 16.5. The first-order chi connectivity index (χ1) is 16.0. The third-order valence-corrected chi connectivity index (χ3v) is 6.15. The van der Waals surface area contributed by atoms with E-state index in [1.165, 1.54) is 0 Å². The Bertz CT molecular complexity index is 1070. The van der Waals surface area contributed by atoms with Gasteiger partial charge in [-0.15, -0.1) is 0 Å². The first kappa shape index (κ1) is 22.6. The van der Waals surface area contributed by atoms with E-state index in [1.807, 2.05) is 73.6 Å². The van der Waals surface area contributed by atoms with E-state index in [1.54, 1.807) is 13.3 Å². The van der Waals surface area contributed by atoms with Gasteiger partial charge in [-0.3, -0.25) is 9.78 Å². The SMILES string of the molecule is COc1ccc(N(C)CCC(=O)N2CCC[C@@H]2c2ccc(Nc3ncccc3C)cn2)cc1. The van der Waals surface area contributed by atoms with Crippen molar-refractivity contribution in [2.75, 3.05) is 37.5 Å². The molecule has 1 aromatic carbocycles. The van der Waals surface area contributed by atoms with Gasteiger partial charge in [-0.2, -0.15) is 0 Å². The summed E-state index contributed by atoms with van der Waals surface area (Å²) < 4.78 is 5.22. The molecule has 3 heterocycles. The molecular weight excluding hydrogens is 414 g/mol. The fraction of sp³-hybridized carbons (Fsp3) is 0.346. The van der Waals surface area contributed by atoms with E-state index in [2.05, 4.69) is 20.2 Å². The predicted octanol–water partition coefficient (Wildman–Crippen LogP) is 4.73. The van der Waals surface area contributed by atoms with Gasteiger partial charge in [0.1, 0.15) is 11.6 Å². The lowest BCUT2D eigenvalue weighted by Gasteiger charge is -2.26. The normalized spacial score (nSPS) is 15.4. The number of rotatable bonds is 8. The van der Waals surface area contributed by atoms with Crippen molar-refractivity contribution in [3.63, 3.8) is 0 Å². The summed E-state index contributed by atoms with van der Waals surface area (Å²) in [5, 5.41) is 3.31. The molecule has 1 atom stereocenters. The molecule has 1 N–H and O–H groups in total. The quantitative estimate of drug-likeness (QED) is 0.541. The van der Waals surface area contributed by atoms with Crippen LogP contribution in [0.4, 0.5) is 17.2 Å². The molecule has 0 unspecified atom stereocenters. The predicted molar refractivity (Wildman–Crippen MR) is 131 cm³/mol. The second kappa shape index (κ2) is 10.3. The van der Waals surface area contributed by atoms with Crippen molar-refractivity contribution in [2.24, 2.45) is 0 Å². The number of anilines is 3. The van der Waals surface area contributed by atoms with Crippen LogP contribution in [-0.2, 0) is 4.79 Å². The molecule has 1 fully saturated rings. The summed E-state index contributed by atoms with van der Waals surface area (Å²) in [5.74, 6) is 1.82. The van der Waals surface area contributed by atoms with Crippen LogP contribution in [0, 0.1) is 6.92 Å². The number of aryl methyl sites for hydroxylation is 1. The Labute approximate surface area is 195 Å². The number of aromatic nitrogens is 2. The number of ether oxygens (including phenoxy) is 1. The Morgan fingerprint density at radius 2 is 2.00 bits per heavy atom. The van der Waals surface area contributed by atoms with Gasteiger partial charge in [-0.1, -0.05) is 6.07 Å². The lowest BCUT2D eigenvalue weighted by molar-refractivity contribution is -0.132. The van der Waals surface area contributed by atoms with E-state index in [9.17, 15) is 4.79 Å². The number of hydrogen-bond acceptors (Lipinski definition) is 6. The molecule has 1 saturated heterocycles. The molecule has 7 nitrogen and oxygen atoms in total. The molecule has 2 aromatic heterocycles. The maximum atomic E-state index is 13.0. The molecule has 3 aromatic rings. The van der Waals surface area contributed by atoms with Crippen molar-refractivity contribution in [1.82, 2.24) is 14.9 Å². The lowest BCUT2D eigenvalue weighted by atomic mass is 10.1. The van der Waals surface area contributed by atoms with Gasteiger partial charge in [-0.05, 0) is 67.8 Å². The maximum Gasteiger partial charge on any atom is 0.224 e. The van der Waals surface area contributed by atoms with Gasteiger partial charge in [-0.25, -0.2) is 4.98 Å². The number of likely N-dealkylation sites (tertiary alicyclic amines) is 1. The van der Waals surface area contributed by atoms with Gasteiger partial charge in [0.15, 0.2) is 0 Å². The molecule has 7 heteroatoms. The van der Waals surface area contributed by atoms with Crippen molar-refractivity contribution < 1.29 is 9.53 Å². The summed E-state index contributed by atoms with van der Waals surface area (Å²) in [6.07, 6.45) is 6.00. The zero-order chi connectivity index (χ0) is 23.2. The van der Waals surface area contributed by atoms with Crippen LogP contribution < -0.4 is 15.0 Å². The summed E-state index contributed by atoms with van der Waals surface area (Å²) in [6.45, 7) is 3.46. The Kier molecular flexibility index (Phi) is 7.07. The van der Waals surface area contributed by atoms with Crippen LogP contribution in [0.15, 0.2) is 60.9 Å². The molecule has 33 heavy (non-hydrogen) atoms. The molecule has 0 radical (unpaired) electrons. The van der Waals surface area contributed by atoms with Gasteiger partial charge in [0, 0.05) is 38.4 Å². The van der Waals surface area contributed by atoms with Crippen LogP contribution in [0.5, 0.6) is 5.75 Å². The minimum absolute atomic E-state index is 0.0365. The number of carbonyl (C=O) groups is 1. The molecule has 1 aliphatic rings. The first-order valence-corrected chi connectivity index (χ1v) is 11.3. The van der Waals surface area contributed by atoms with E-state index in [-0.39, 0.29) is 11.9 Å². The third-order valence-electron chi connectivity index (χ3n) is 6.15. The smallest absolute Gasteiger partial charge is 0.224 e. The molecule has 0 saturated carbocycles. The zero-order valence-corrected chi connectivity index (χ0v) is 19.5. The third kappa shape index (κ3) is 5.42. The van der Waals surface area contributed by atoms with E-state index >= 15 is 0 Å². The molecule has 0 bridgehead atoms. The lowest BCUT2D eigenvalue weighted by Crippen LogP contribution is -2.33. The van der Waals surface area contributed by atoms with Crippen molar-refractivity contribution in [1.29, 1.82) is 0 Å². The van der Waals surface area contributed by atoms with E-state index in [0.717, 1.165) is 53.6 Å². The summed E-state index contributed by atoms with van der Waals surface area (Å²) in [7, 11) is 3.66. The highest BCUT2D eigenvalue weighted by Gasteiger charge is 2.30. The fourth-order valence-electron chi connectivity index (χ4n) is 4.18. The highest BCUT2D eigenvalue weighted by molar-refractivity contribution is 5.77. The molecule has 172 valence electrons. The fourth-order valence-corrected chi connectivity index (χ4v) is 4.18. The molecule has 1 amide bonds. The van der Waals surface area contributed by atoms with Crippen LogP contribution in [0.1, 0.15) is 36.6 Å². The average molecular weight is 446 g/mol. The number of methoxy groups -OCH3 is 1.